The van der Waals surface area contributed by atoms with Crippen LogP contribution in [0, 0.1) is 5.92 Å². The quantitative estimate of drug-likeness (QED) is 0.884. The van der Waals surface area contributed by atoms with Crippen molar-refractivity contribution >= 4 is 11.3 Å². The average Bonchev–Trinajstić information content (AvgIpc) is 2.86. The number of nitrogens with zero attached hydrogens (tertiary/aromatic N) is 1. The van der Waals surface area contributed by atoms with E-state index in [0.717, 1.165) is 16.3 Å². The number of thiazole rings is 1. The van der Waals surface area contributed by atoms with Crippen LogP contribution in [0.5, 0.6) is 0 Å². The van der Waals surface area contributed by atoms with Crippen LogP contribution in [0.4, 0.5) is 0 Å². The summed E-state index contributed by atoms with van der Waals surface area (Å²) in [7, 11) is 0. The Balaban J connectivity index is 2.25. The SMILES string of the molecule is CC(C)C(N)c1nc(-c2ccc(C(C)(C)C)cc2)cs1. The molecule has 1 unspecified atom stereocenters. The molecule has 0 aliphatic rings. The summed E-state index contributed by atoms with van der Waals surface area (Å²) in [4.78, 5) is 4.69. The lowest BCUT2D eigenvalue weighted by molar-refractivity contribution is 0.512. The second-order valence-corrected chi connectivity index (χ2v) is 7.56. The fraction of sp³-hybridized carbons (Fsp3) is 0.471. The number of rotatable bonds is 3. The predicted molar refractivity (Wildman–Crippen MR) is 88.0 cm³/mol. The first-order valence-electron chi connectivity index (χ1n) is 7.11. The van der Waals surface area contributed by atoms with Crippen molar-refractivity contribution in [1.82, 2.24) is 4.98 Å². The second-order valence-electron chi connectivity index (χ2n) is 6.67. The van der Waals surface area contributed by atoms with Gasteiger partial charge < -0.3 is 5.73 Å². The standard InChI is InChI=1S/C17H24N2S/c1-11(2)15(18)16-19-14(10-20-16)12-6-8-13(9-7-12)17(3,4)5/h6-11,15H,18H2,1-5H3. The Bertz CT molecular complexity index is 561. The average molecular weight is 288 g/mol. The zero-order valence-corrected chi connectivity index (χ0v) is 13.8. The van der Waals surface area contributed by atoms with Gasteiger partial charge in [0.2, 0.25) is 0 Å². The van der Waals surface area contributed by atoms with Crippen molar-refractivity contribution in [3.63, 3.8) is 0 Å². The number of aromatic nitrogens is 1. The van der Waals surface area contributed by atoms with Crippen LogP contribution in [0.25, 0.3) is 11.3 Å². The third-order valence-corrected chi connectivity index (χ3v) is 4.52. The molecule has 2 rings (SSSR count). The highest BCUT2D eigenvalue weighted by atomic mass is 32.1. The van der Waals surface area contributed by atoms with Crippen LogP contribution in [0.1, 0.15) is 51.2 Å². The van der Waals surface area contributed by atoms with Crippen LogP contribution in [-0.2, 0) is 5.41 Å². The Morgan fingerprint density at radius 1 is 1.10 bits per heavy atom. The van der Waals surface area contributed by atoms with E-state index >= 15 is 0 Å². The van der Waals surface area contributed by atoms with Gasteiger partial charge in [-0.1, -0.05) is 58.9 Å². The largest absolute Gasteiger partial charge is 0.322 e. The Hall–Kier alpha value is -1.19. The zero-order chi connectivity index (χ0) is 14.9. The van der Waals surface area contributed by atoms with Gasteiger partial charge in [-0.2, -0.15) is 0 Å². The van der Waals surface area contributed by atoms with Gasteiger partial charge in [-0.15, -0.1) is 11.3 Å². The van der Waals surface area contributed by atoms with Crippen molar-refractivity contribution in [2.24, 2.45) is 11.7 Å². The first-order valence-corrected chi connectivity index (χ1v) is 7.99. The second kappa shape index (κ2) is 5.66. The number of nitrogens with two attached hydrogens (primary N) is 1. The van der Waals surface area contributed by atoms with Crippen LogP contribution in [0.3, 0.4) is 0 Å². The lowest BCUT2D eigenvalue weighted by Gasteiger charge is -2.18. The summed E-state index contributed by atoms with van der Waals surface area (Å²) in [5.74, 6) is 0.414. The third kappa shape index (κ3) is 3.28. The molecule has 0 aliphatic carbocycles. The smallest absolute Gasteiger partial charge is 0.110 e. The van der Waals surface area contributed by atoms with Gasteiger partial charge in [-0.05, 0) is 16.9 Å². The van der Waals surface area contributed by atoms with Gasteiger partial charge in [-0.3, -0.25) is 0 Å². The molecule has 0 saturated carbocycles. The molecular formula is C17H24N2S. The summed E-state index contributed by atoms with van der Waals surface area (Å²) in [6.07, 6.45) is 0. The normalized spacial score (nSPS) is 13.8. The summed E-state index contributed by atoms with van der Waals surface area (Å²) in [5, 5.41) is 3.12. The lowest BCUT2D eigenvalue weighted by Crippen LogP contribution is -2.16. The molecule has 2 aromatic rings. The molecule has 1 aromatic carbocycles. The van der Waals surface area contributed by atoms with Crippen LogP contribution in [0.15, 0.2) is 29.6 Å². The Labute approximate surface area is 126 Å². The lowest BCUT2D eigenvalue weighted by atomic mass is 9.86. The first kappa shape index (κ1) is 15.2. The summed E-state index contributed by atoms with van der Waals surface area (Å²) in [6.45, 7) is 10.9. The number of hydrogen-bond acceptors (Lipinski definition) is 3. The van der Waals surface area contributed by atoms with Crippen molar-refractivity contribution < 1.29 is 0 Å². The highest BCUT2D eigenvalue weighted by molar-refractivity contribution is 7.10. The maximum atomic E-state index is 6.16. The fourth-order valence-electron chi connectivity index (χ4n) is 2.00. The van der Waals surface area contributed by atoms with Gasteiger partial charge in [0.15, 0.2) is 0 Å². The van der Waals surface area contributed by atoms with Crippen LogP contribution < -0.4 is 5.73 Å². The van der Waals surface area contributed by atoms with Crippen molar-refractivity contribution in [2.75, 3.05) is 0 Å². The summed E-state index contributed by atoms with van der Waals surface area (Å²) < 4.78 is 0. The molecule has 1 aromatic heterocycles. The minimum atomic E-state index is 0.0302. The van der Waals surface area contributed by atoms with Crippen LogP contribution in [0.2, 0.25) is 0 Å². The number of hydrogen-bond donors (Lipinski definition) is 1. The number of benzene rings is 1. The van der Waals surface area contributed by atoms with E-state index in [0.29, 0.717) is 5.92 Å². The van der Waals surface area contributed by atoms with Crippen molar-refractivity contribution in [1.29, 1.82) is 0 Å². The summed E-state index contributed by atoms with van der Waals surface area (Å²) in [5.41, 5.74) is 9.88. The maximum absolute atomic E-state index is 6.16. The molecule has 0 spiro atoms. The molecule has 0 aliphatic heterocycles. The van der Waals surface area contributed by atoms with Crippen molar-refractivity contribution in [3.8, 4) is 11.3 Å². The molecule has 108 valence electrons. The maximum Gasteiger partial charge on any atom is 0.110 e. The molecule has 1 heterocycles. The molecule has 2 nitrogen and oxygen atoms in total. The highest BCUT2D eigenvalue weighted by Crippen LogP contribution is 2.29. The third-order valence-electron chi connectivity index (χ3n) is 3.57. The molecule has 0 saturated heterocycles. The van der Waals surface area contributed by atoms with E-state index in [-0.39, 0.29) is 11.5 Å². The Kier molecular flexibility index (Phi) is 4.31. The molecule has 0 bridgehead atoms. The minimum absolute atomic E-state index is 0.0302. The summed E-state index contributed by atoms with van der Waals surface area (Å²) in [6, 6.07) is 8.72. The van der Waals surface area contributed by atoms with E-state index in [2.05, 4.69) is 69.2 Å². The van der Waals surface area contributed by atoms with E-state index < -0.39 is 0 Å². The van der Waals surface area contributed by atoms with Crippen LogP contribution >= 0.6 is 11.3 Å². The van der Waals surface area contributed by atoms with E-state index in [1.807, 2.05) is 0 Å². The van der Waals surface area contributed by atoms with Gasteiger partial charge >= 0.3 is 0 Å². The van der Waals surface area contributed by atoms with Crippen molar-refractivity contribution in [2.45, 2.75) is 46.1 Å². The van der Waals surface area contributed by atoms with E-state index in [1.54, 1.807) is 11.3 Å². The molecule has 0 radical (unpaired) electrons. The first-order chi connectivity index (χ1) is 9.29. The van der Waals surface area contributed by atoms with Crippen LogP contribution in [-0.4, -0.2) is 4.98 Å². The molecule has 1 atom stereocenters. The van der Waals surface area contributed by atoms with Gasteiger partial charge in [0.1, 0.15) is 5.01 Å². The van der Waals surface area contributed by atoms with E-state index in [4.69, 9.17) is 5.73 Å². The van der Waals surface area contributed by atoms with Crippen molar-refractivity contribution in [3.05, 3.63) is 40.2 Å². The Morgan fingerprint density at radius 2 is 1.70 bits per heavy atom. The molecular weight excluding hydrogens is 264 g/mol. The molecule has 0 amide bonds. The monoisotopic (exact) mass is 288 g/mol. The molecule has 20 heavy (non-hydrogen) atoms. The minimum Gasteiger partial charge on any atom is -0.322 e. The Morgan fingerprint density at radius 3 is 2.20 bits per heavy atom. The van der Waals surface area contributed by atoms with Gasteiger partial charge in [0.25, 0.3) is 0 Å². The van der Waals surface area contributed by atoms with Gasteiger partial charge in [0.05, 0.1) is 11.7 Å². The molecule has 3 heteroatoms. The highest BCUT2D eigenvalue weighted by Gasteiger charge is 2.16. The summed E-state index contributed by atoms with van der Waals surface area (Å²) >= 11 is 1.65. The van der Waals surface area contributed by atoms with E-state index in [9.17, 15) is 0 Å². The zero-order valence-electron chi connectivity index (χ0n) is 13.0. The topological polar surface area (TPSA) is 38.9 Å². The fourth-order valence-corrected chi connectivity index (χ4v) is 3.00. The molecule has 0 fully saturated rings. The predicted octanol–water partition coefficient (Wildman–Crippen LogP) is 4.76. The van der Waals surface area contributed by atoms with E-state index in [1.165, 1.54) is 5.56 Å². The molecule has 2 N–H and O–H groups in total. The van der Waals surface area contributed by atoms with Gasteiger partial charge in [0, 0.05) is 10.9 Å². The van der Waals surface area contributed by atoms with Gasteiger partial charge in [-0.25, -0.2) is 4.98 Å².